The molecule has 3 aromatic rings. The van der Waals surface area contributed by atoms with E-state index in [9.17, 15) is 9.59 Å². The van der Waals surface area contributed by atoms with Crippen molar-refractivity contribution in [2.45, 2.75) is 6.92 Å². The van der Waals surface area contributed by atoms with Crippen LogP contribution in [0, 0.1) is 0 Å². The average Bonchev–Trinajstić information content (AvgIpc) is 3.23. The molecule has 1 amide bonds. The number of hydrogen-bond donors (Lipinski definition) is 2. The predicted octanol–water partition coefficient (Wildman–Crippen LogP) is 2.66. The van der Waals surface area contributed by atoms with Crippen LogP contribution < -0.4 is 5.43 Å². The van der Waals surface area contributed by atoms with Crippen LogP contribution in [0.1, 0.15) is 28.5 Å². The zero-order chi connectivity index (χ0) is 18.8. The Labute approximate surface area is 154 Å². The molecule has 0 radical (unpaired) electrons. The lowest BCUT2D eigenvalue weighted by atomic mass is 10.0. The van der Waals surface area contributed by atoms with Crippen molar-refractivity contribution in [1.29, 1.82) is 0 Å². The number of nitrogens with zero attached hydrogens (tertiary/aromatic N) is 2. The molecule has 1 aromatic carbocycles. The number of aromatic amines is 1. The Hall–Kier alpha value is -3.74. The van der Waals surface area contributed by atoms with Gasteiger partial charge in [-0.3, -0.25) is 9.78 Å². The summed E-state index contributed by atoms with van der Waals surface area (Å²) in [5.41, 5.74) is 5.67. The summed E-state index contributed by atoms with van der Waals surface area (Å²) < 4.78 is 5.21. The van der Waals surface area contributed by atoms with Gasteiger partial charge >= 0.3 is 5.97 Å². The molecule has 0 spiro atoms. The van der Waals surface area contributed by atoms with Crippen LogP contribution in [0.25, 0.3) is 17.0 Å². The first-order chi connectivity index (χ1) is 13.2. The standard InChI is InChI=1S/C20H16N4O3/c1-2-27-20(26)17-13-7-3-4-8-15(13)22-16(17)10-14-18(23-24-19(14)25)12-6-5-9-21-11-12/h3-11,22H,2H2,1H3,(H,24,25). The Morgan fingerprint density at radius 3 is 2.85 bits per heavy atom. The monoisotopic (exact) mass is 360 g/mol. The van der Waals surface area contributed by atoms with Crippen molar-refractivity contribution >= 4 is 34.6 Å². The first-order valence-corrected chi connectivity index (χ1v) is 8.47. The molecule has 1 aliphatic rings. The van der Waals surface area contributed by atoms with E-state index in [0.29, 0.717) is 28.1 Å². The molecule has 4 rings (SSSR count). The fourth-order valence-corrected chi connectivity index (χ4v) is 3.03. The van der Waals surface area contributed by atoms with Gasteiger partial charge in [0, 0.05) is 28.9 Å². The minimum absolute atomic E-state index is 0.261. The first-order valence-electron chi connectivity index (χ1n) is 8.47. The van der Waals surface area contributed by atoms with Crippen molar-refractivity contribution in [3.63, 3.8) is 0 Å². The Bertz CT molecular complexity index is 1100. The Morgan fingerprint density at radius 1 is 1.22 bits per heavy atom. The van der Waals surface area contributed by atoms with Crippen molar-refractivity contribution in [2.75, 3.05) is 6.61 Å². The van der Waals surface area contributed by atoms with Gasteiger partial charge in [-0.1, -0.05) is 18.2 Å². The summed E-state index contributed by atoms with van der Waals surface area (Å²) in [6.45, 7) is 2.01. The van der Waals surface area contributed by atoms with Gasteiger partial charge in [-0.05, 0) is 31.2 Å². The number of esters is 1. The van der Waals surface area contributed by atoms with E-state index in [1.807, 2.05) is 30.3 Å². The number of hydrazone groups is 1. The van der Waals surface area contributed by atoms with Crippen LogP contribution in [-0.2, 0) is 9.53 Å². The summed E-state index contributed by atoms with van der Waals surface area (Å²) in [5.74, 6) is -0.789. The van der Waals surface area contributed by atoms with Gasteiger partial charge in [-0.2, -0.15) is 5.10 Å². The molecule has 7 nitrogen and oxygen atoms in total. The van der Waals surface area contributed by atoms with Crippen LogP contribution in [0.3, 0.4) is 0 Å². The van der Waals surface area contributed by atoms with Gasteiger partial charge in [-0.25, -0.2) is 10.2 Å². The fraction of sp³-hybridized carbons (Fsp3) is 0.100. The second-order valence-electron chi connectivity index (χ2n) is 5.88. The Balaban J connectivity index is 1.87. The number of fused-ring (bicyclic) bond motifs is 1. The molecular weight excluding hydrogens is 344 g/mol. The van der Waals surface area contributed by atoms with Crippen LogP contribution in [0.2, 0.25) is 0 Å². The van der Waals surface area contributed by atoms with Crippen molar-refractivity contribution in [2.24, 2.45) is 5.10 Å². The van der Waals surface area contributed by atoms with Crippen LogP contribution in [0.4, 0.5) is 0 Å². The number of carbonyl (C=O) groups is 2. The minimum atomic E-state index is -0.444. The highest BCUT2D eigenvalue weighted by molar-refractivity contribution is 6.33. The highest BCUT2D eigenvalue weighted by Gasteiger charge is 2.26. The zero-order valence-electron chi connectivity index (χ0n) is 14.5. The molecule has 0 unspecified atom stereocenters. The first kappa shape index (κ1) is 16.7. The van der Waals surface area contributed by atoms with E-state index in [1.54, 1.807) is 31.5 Å². The van der Waals surface area contributed by atoms with E-state index >= 15 is 0 Å². The molecule has 0 aliphatic carbocycles. The highest BCUT2D eigenvalue weighted by Crippen LogP contribution is 2.26. The van der Waals surface area contributed by atoms with E-state index in [-0.39, 0.29) is 12.5 Å². The van der Waals surface area contributed by atoms with Crippen LogP contribution in [0.5, 0.6) is 0 Å². The van der Waals surface area contributed by atoms with Crippen molar-refractivity contribution in [3.05, 3.63) is 71.2 Å². The van der Waals surface area contributed by atoms with Gasteiger partial charge in [0.15, 0.2) is 0 Å². The molecular formula is C20H16N4O3. The molecule has 134 valence electrons. The van der Waals surface area contributed by atoms with E-state index in [1.165, 1.54) is 0 Å². The maximum absolute atomic E-state index is 12.5. The number of carbonyl (C=O) groups excluding carboxylic acids is 2. The van der Waals surface area contributed by atoms with Gasteiger partial charge in [0.05, 0.1) is 23.4 Å². The van der Waals surface area contributed by atoms with E-state index in [2.05, 4.69) is 20.5 Å². The number of rotatable bonds is 4. The molecule has 1 aliphatic heterocycles. The van der Waals surface area contributed by atoms with Gasteiger partial charge in [0.2, 0.25) is 0 Å². The second-order valence-corrected chi connectivity index (χ2v) is 5.88. The van der Waals surface area contributed by atoms with E-state index < -0.39 is 5.97 Å². The molecule has 0 saturated heterocycles. The molecule has 7 heteroatoms. The lowest BCUT2D eigenvalue weighted by Crippen LogP contribution is -2.14. The third-order valence-electron chi connectivity index (χ3n) is 4.21. The molecule has 0 atom stereocenters. The maximum Gasteiger partial charge on any atom is 0.340 e. The topological polar surface area (TPSA) is 96.4 Å². The number of aromatic nitrogens is 2. The molecule has 2 N–H and O–H groups in total. The van der Waals surface area contributed by atoms with Gasteiger partial charge < -0.3 is 9.72 Å². The predicted molar refractivity (Wildman–Crippen MR) is 101 cm³/mol. The lowest BCUT2D eigenvalue weighted by Gasteiger charge is -2.04. The van der Waals surface area contributed by atoms with Gasteiger partial charge in [0.1, 0.15) is 5.71 Å². The SMILES string of the molecule is CCOC(=O)c1c(C=C2C(=O)NN=C2c2cccnc2)[nH]c2ccccc12. The zero-order valence-corrected chi connectivity index (χ0v) is 14.5. The number of para-hydroxylation sites is 1. The maximum atomic E-state index is 12.5. The Kier molecular flexibility index (Phi) is 4.25. The highest BCUT2D eigenvalue weighted by atomic mass is 16.5. The van der Waals surface area contributed by atoms with Gasteiger partial charge in [-0.15, -0.1) is 0 Å². The smallest absolute Gasteiger partial charge is 0.340 e. The third-order valence-corrected chi connectivity index (χ3v) is 4.21. The quantitative estimate of drug-likeness (QED) is 0.552. The number of benzene rings is 1. The number of nitrogens with one attached hydrogen (secondary N) is 2. The number of hydrogen-bond acceptors (Lipinski definition) is 5. The van der Waals surface area contributed by atoms with Crippen LogP contribution in [-0.4, -0.2) is 34.2 Å². The molecule has 0 bridgehead atoms. The fourth-order valence-electron chi connectivity index (χ4n) is 3.03. The lowest BCUT2D eigenvalue weighted by molar-refractivity contribution is -0.116. The minimum Gasteiger partial charge on any atom is -0.462 e. The summed E-state index contributed by atoms with van der Waals surface area (Å²) in [5, 5.41) is 4.85. The summed E-state index contributed by atoms with van der Waals surface area (Å²) in [6, 6.07) is 11.0. The normalized spacial score (nSPS) is 15.1. The molecule has 0 saturated carbocycles. The number of amides is 1. The number of pyridine rings is 1. The molecule has 3 heterocycles. The van der Waals surface area contributed by atoms with E-state index in [0.717, 1.165) is 10.9 Å². The number of ether oxygens (including phenoxy) is 1. The summed E-state index contributed by atoms with van der Waals surface area (Å²) in [4.78, 5) is 32.1. The number of H-pyrrole nitrogens is 1. The van der Waals surface area contributed by atoms with Crippen molar-refractivity contribution < 1.29 is 14.3 Å². The summed E-state index contributed by atoms with van der Waals surface area (Å²) in [7, 11) is 0. The van der Waals surface area contributed by atoms with Crippen molar-refractivity contribution in [3.8, 4) is 0 Å². The Morgan fingerprint density at radius 2 is 2.07 bits per heavy atom. The summed E-state index contributed by atoms with van der Waals surface area (Å²) in [6.07, 6.45) is 4.90. The summed E-state index contributed by atoms with van der Waals surface area (Å²) >= 11 is 0. The molecule has 27 heavy (non-hydrogen) atoms. The second kappa shape index (κ2) is 6.87. The van der Waals surface area contributed by atoms with Crippen LogP contribution >= 0.6 is 0 Å². The van der Waals surface area contributed by atoms with Crippen molar-refractivity contribution in [1.82, 2.24) is 15.4 Å². The van der Waals surface area contributed by atoms with E-state index in [4.69, 9.17) is 4.74 Å². The third kappa shape index (κ3) is 2.99. The largest absolute Gasteiger partial charge is 0.462 e. The average molecular weight is 360 g/mol. The molecule has 0 fully saturated rings. The molecule has 2 aromatic heterocycles. The van der Waals surface area contributed by atoms with Crippen LogP contribution in [0.15, 0.2) is 59.5 Å². The van der Waals surface area contributed by atoms with Gasteiger partial charge in [0.25, 0.3) is 5.91 Å².